The fraction of sp³-hybridized carbons (Fsp3) is 0.917. The van der Waals surface area contributed by atoms with E-state index in [0.29, 0.717) is 12.5 Å². The number of carbonyl (C=O) groups excluding carboxylic acids is 1. The van der Waals surface area contributed by atoms with Gasteiger partial charge in [0, 0.05) is 12.5 Å². The van der Waals surface area contributed by atoms with E-state index >= 15 is 0 Å². The van der Waals surface area contributed by atoms with Gasteiger partial charge in [-0.05, 0) is 39.4 Å². The normalized spacial score (nSPS) is 12.9. The SMILES string of the molecule is CCC(=O)NC(C)CCCN(CC)CC. The molecule has 3 heteroatoms. The van der Waals surface area contributed by atoms with Crippen LogP contribution in [0, 0.1) is 0 Å². The fourth-order valence-electron chi connectivity index (χ4n) is 1.61. The van der Waals surface area contributed by atoms with Crippen LogP contribution in [-0.2, 0) is 4.79 Å². The Bertz CT molecular complexity index is 167. The van der Waals surface area contributed by atoms with Crippen molar-refractivity contribution in [1.82, 2.24) is 10.2 Å². The molecule has 0 aromatic rings. The molecule has 15 heavy (non-hydrogen) atoms. The van der Waals surface area contributed by atoms with E-state index in [4.69, 9.17) is 0 Å². The fourth-order valence-corrected chi connectivity index (χ4v) is 1.61. The van der Waals surface area contributed by atoms with Crippen LogP contribution in [0.1, 0.15) is 47.0 Å². The lowest BCUT2D eigenvalue weighted by molar-refractivity contribution is -0.121. The van der Waals surface area contributed by atoms with Crippen molar-refractivity contribution in [2.45, 2.75) is 53.0 Å². The zero-order valence-electron chi connectivity index (χ0n) is 10.7. The van der Waals surface area contributed by atoms with Crippen LogP contribution in [0.15, 0.2) is 0 Å². The van der Waals surface area contributed by atoms with Crippen LogP contribution >= 0.6 is 0 Å². The van der Waals surface area contributed by atoms with Crippen molar-refractivity contribution >= 4 is 5.91 Å². The third kappa shape index (κ3) is 7.37. The van der Waals surface area contributed by atoms with Gasteiger partial charge >= 0.3 is 0 Å². The molecule has 0 aliphatic carbocycles. The summed E-state index contributed by atoms with van der Waals surface area (Å²) in [6.45, 7) is 11.7. The van der Waals surface area contributed by atoms with Gasteiger partial charge in [-0.2, -0.15) is 0 Å². The highest BCUT2D eigenvalue weighted by Crippen LogP contribution is 1.99. The Morgan fingerprint density at radius 3 is 2.33 bits per heavy atom. The Morgan fingerprint density at radius 1 is 1.27 bits per heavy atom. The van der Waals surface area contributed by atoms with E-state index in [1.807, 2.05) is 6.92 Å². The summed E-state index contributed by atoms with van der Waals surface area (Å²) in [6, 6.07) is 0.313. The first-order chi connectivity index (χ1) is 7.13. The van der Waals surface area contributed by atoms with Crippen molar-refractivity contribution in [3.63, 3.8) is 0 Å². The first-order valence-electron chi connectivity index (χ1n) is 6.15. The van der Waals surface area contributed by atoms with Crippen LogP contribution < -0.4 is 5.32 Å². The van der Waals surface area contributed by atoms with Crippen LogP contribution in [0.4, 0.5) is 0 Å². The van der Waals surface area contributed by atoms with Gasteiger partial charge in [0.2, 0.25) is 5.91 Å². The average Bonchev–Trinajstić information content (AvgIpc) is 2.24. The molecule has 0 bridgehead atoms. The topological polar surface area (TPSA) is 32.3 Å². The van der Waals surface area contributed by atoms with Crippen LogP contribution in [0.3, 0.4) is 0 Å². The van der Waals surface area contributed by atoms with E-state index in [2.05, 4.69) is 31.0 Å². The predicted molar refractivity (Wildman–Crippen MR) is 64.9 cm³/mol. The van der Waals surface area contributed by atoms with Crippen LogP contribution in [0.25, 0.3) is 0 Å². The largest absolute Gasteiger partial charge is 0.354 e. The summed E-state index contributed by atoms with van der Waals surface area (Å²) < 4.78 is 0. The Morgan fingerprint density at radius 2 is 1.87 bits per heavy atom. The van der Waals surface area contributed by atoms with E-state index in [1.54, 1.807) is 0 Å². The molecule has 90 valence electrons. The maximum absolute atomic E-state index is 11.1. The highest BCUT2D eigenvalue weighted by molar-refractivity contribution is 5.75. The molecule has 0 aliphatic heterocycles. The number of hydrogen-bond donors (Lipinski definition) is 1. The van der Waals surface area contributed by atoms with Gasteiger partial charge in [0.05, 0.1) is 0 Å². The van der Waals surface area contributed by atoms with Crippen molar-refractivity contribution in [1.29, 1.82) is 0 Å². The molecule has 0 radical (unpaired) electrons. The molecule has 0 saturated heterocycles. The summed E-state index contributed by atoms with van der Waals surface area (Å²) in [5, 5.41) is 2.98. The second kappa shape index (κ2) is 8.72. The minimum atomic E-state index is 0.158. The standard InChI is InChI=1S/C12H26N2O/c1-5-12(15)13-11(4)9-8-10-14(6-2)7-3/h11H,5-10H2,1-4H3,(H,13,15). The van der Waals surface area contributed by atoms with E-state index in [1.165, 1.54) is 0 Å². The van der Waals surface area contributed by atoms with E-state index in [-0.39, 0.29) is 5.91 Å². The molecule has 0 saturated carbocycles. The van der Waals surface area contributed by atoms with Crippen LogP contribution in [0.5, 0.6) is 0 Å². The molecule has 0 spiro atoms. The lowest BCUT2D eigenvalue weighted by atomic mass is 10.1. The number of amides is 1. The van der Waals surface area contributed by atoms with Crippen molar-refractivity contribution in [2.75, 3.05) is 19.6 Å². The number of carbonyl (C=O) groups is 1. The number of hydrogen-bond acceptors (Lipinski definition) is 2. The summed E-state index contributed by atoms with van der Waals surface area (Å²) in [5.74, 6) is 0.158. The first-order valence-corrected chi connectivity index (χ1v) is 6.15. The van der Waals surface area contributed by atoms with Gasteiger partial charge in [-0.15, -0.1) is 0 Å². The summed E-state index contributed by atoms with van der Waals surface area (Å²) >= 11 is 0. The molecule has 1 unspecified atom stereocenters. The molecule has 1 atom stereocenters. The van der Waals surface area contributed by atoms with Gasteiger partial charge < -0.3 is 10.2 Å². The zero-order valence-corrected chi connectivity index (χ0v) is 10.7. The van der Waals surface area contributed by atoms with Crippen LogP contribution in [-0.4, -0.2) is 36.5 Å². The minimum Gasteiger partial charge on any atom is -0.354 e. The molecular weight excluding hydrogens is 188 g/mol. The van der Waals surface area contributed by atoms with E-state index in [0.717, 1.165) is 32.5 Å². The monoisotopic (exact) mass is 214 g/mol. The third-order valence-corrected chi connectivity index (χ3v) is 2.73. The Kier molecular flexibility index (Phi) is 8.38. The molecule has 0 aromatic heterocycles. The first kappa shape index (κ1) is 14.4. The van der Waals surface area contributed by atoms with Crippen molar-refractivity contribution in [2.24, 2.45) is 0 Å². The molecule has 0 heterocycles. The highest BCUT2D eigenvalue weighted by Gasteiger charge is 2.05. The summed E-state index contributed by atoms with van der Waals surface area (Å²) in [5.41, 5.74) is 0. The summed E-state index contributed by atoms with van der Waals surface area (Å²) in [4.78, 5) is 13.5. The van der Waals surface area contributed by atoms with Crippen molar-refractivity contribution < 1.29 is 4.79 Å². The summed E-state index contributed by atoms with van der Waals surface area (Å²) in [7, 11) is 0. The van der Waals surface area contributed by atoms with Gasteiger partial charge in [-0.3, -0.25) is 4.79 Å². The molecule has 0 rings (SSSR count). The van der Waals surface area contributed by atoms with Gasteiger partial charge in [0.15, 0.2) is 0 Å². The molecule has 0 aliphatic rings. The van der Waals surface area contributed by atoms with Crippen LogP contribution in [0.2, 0.25) is 0 Å². The second-order valence-electron chi connectivity index (χ2n) is 3.99. The smallest absolute Gasteiger partial charge is 0.219 e. The van der Waals surface area contributed by atoms with Crippen molar-refractivity contribution in [3.8, 4) is 0 Å². The maximum atomic E-state index is 11.1. The minimum absolute atomic E-state index is 0.158. The molecule has 1 amide bonds. The number of rotatable bonds is 8. The zero-order chi connectivity index (χ0) is 11.7. The Labute approximate surface area is 94.2 Å². The van der Waals surface area contributed by atoms with E-state index < -0.39 is 0 Å². The molecule has 3 nitrogen and oxygen atoms in total. The molecular formula is C12H26N2O. The Hall–Kier alpha value is -0.570. The lowest BCUT2D eigenvalue weighted by Gasteiger charge is -2.19. The third-order valence-electron chi connectivity index (χ3n) is 2.73. The summed E-state index contributed by atoms with van der Waals surface area (Å²) in [6.07, 6.45) is 2.81. The number of nitrogens with zero attached hydrogens (tertiary/aromatic N) is 1. The maximum Gasteiger partial charge on any atom is 0.219 e. The number of nitrogens with one attached hydrogen (secondary N) is 1. The Balaban J connectivity index is 3.53. The average molecular weight is 214 g/mol. The van der Waals surface area contributed by atoms with Gasteiger partial charge in [-0.25, -0.2) is 0 Å². The molecule has 0 aromatic carbocycles. The predicted octanol–water partition coefficient (Wildman–Crippen LogP) is 2.02. The lowest BCUT2D eigenvalue weighted by Crippen LogP contribution is -2.33. The van der Waals surface area contributed by atoms with E-state index in [9.17, 15) is 4.79 Å². The molecule has 0 fully saturated rings. The van der Waals surface area contributed by atoms with Gasteiger partial charge in [0.1, 0.15) is 0 Å². The molecule has 1 N–H and O–H groups in total. The van der Waals surface area contributed by atoms with Gasteiger partial charge in [0.25, 0.3) is 0 Å². The highest BCUT2D eigenvalue weighted by atomic mass is 16.1. The van der Waals surface area contributed by atoms with Gasteiger partial charge in [-0.1, -0.05) is 20.8 Å². The second-order valence-corrected chi connectivity index (χ2v) is 3.99. The van der Waals surface area contributed by atoms with Crippen molar-refractivity contribution in [3.05, 3.63) is 0 Å². The quantitative estimate of drug-likeness (QED) is 0.670.